The highest BCUT2D eigenvalue weighted by Gasteiger charge is 2.15. The van der Waals surface area contributed by atoms with Gasteiger partial charge >= 0.3 is 5.97 Å². The summed E-state index contributed by atoms with van der Waals surface area (Å²) in [6.45, 7) is 0. The Kier molecular flexibility index (Phi) is 6.09. The van der Waals surface area contributed by atoms with Crippen molar-refractivity contribution in [1.29, 1.82) is 5.26 Å². The van der Waals surface area contributed by atoms with Crippen molar-refractivity contribution in [2.45, 2.75) is 5.03 Å². The summed E-state index contributed by atoms with van der Waals surface area (Å²) in [6.07, 6.45) is 1.54. The lowest BCUT2D eigenvalue weighted by atomic mass is 10.2. The van der Waals surface area contributed by atoms with Crippen molar-refractivity contribution in [3.63, 3.8) is 0 Å². The number of nitriles is 1. The number of para-hydroxylation sites is 1. The zero-order valence-corrected chi connectivity index (χ0v) is 15.7. The van der Waals surface area contributed by atoms with E-state index in [2.05, 4.69) is 16.4 Å². The Hall–Kier alpha value is -3.57. The van der Waals surface area contributed by atoms with Gasteiger partial charge in [-0.2, -0.15) is 5.26 Å². The first-order valence-electron chi connectivity index (χ1n) is 8.17. The SMILES string of the molecule is COC(=O)c1ccccc1NC(=O)CSc1nc(-c2ccco2)ccc1C#N. The zero-order chi connectivity index (χ0) is 19.9. The number of carbonyl (C=O) groups excluding carboxylic acids is 2. The molecule has 0 atom stereocenters. The monoisotopic (exact) mass is 393 g/mol. The number of benzene rings is 1. The standard InChI is InChI=1S/C20H15N3O4S/c1-26-20(25)14-5-2-3-6-15(14)22-18(24)12-28-19-13(11-21)8-9-16(23-19)17-7-4-10-27-17/h2-10H,12H2,1H3,(H,22,24). The molecule has 1 N–H and O–H groups in total. The minimum atomic E-state index is -0.539. The Labute approximate surface area is 165 Å². The number of methoxy groups -OCH3 is 1. The topological polar surface area (TPSA) is 105 Å². The molecule has 140 valence electrons. The number of rotatable bonds is 6. The van der Waals surface area contributed by atoms with E-state index in [4.69, 9.17) is 9.15 Å². The van der Waals surface area contributed by atoms with Crippen LogP contribution in [0, 0.1) is 11.3 Å². The lowest BCUT2D eigenvalue weighted by Gasteiger charge is -2.10. The van der Waals surface area contributed by atoms with E-state index in [0.717, 1.165) is 11.8 Å². The molecule has 3 rings (SSSR count). The molecule has 2 heterocycles. The van der Waals surface area contributed by atoms with E-state index in [1.165, 1.54) is 13.4 Å². The van der Waals surface area contributed by atoms with Crippen LogP contribution in [0.1, 0.15) is 15.9 Å². The molecule has 7 nitrogen and oxygen atoms in total. The number of hydrogen-bond acceptors (Lipinski definition) is 7. The quantitative estimate of drug-likeness (QED) is 0.502. The molecule has 2 aromatic heterocycles. The maximum absolute atomic E-state index is 12.3. The van der Waals surface area contributed by atoms with Crippen LogP contribution in [0.2, 0.25) is 0 Å². The molecule has 0 aliphatic carbocycles. The Morgan fingerprint density at radius 2 is 2.04 bits per heavy atom. The summed E-state index contributed by atoms with van der Waals surface area (Å²) >= 11 is 1.13. The maximum atomic E-state index is 12.3. The van der Waals surface area contributed by atoms with Crippen LogP contribution >= 0.6 is 11.8 Å². The molecule has 0 aliphatic heterocycles. The van der Waals surface area contributed by atoms with Crippen LogP contribution in [0.4, 0.5) is 5.69 Å². The van der Waals surface area contributed by atoms with Crippen molar-refractivity contribution >= 4 is 29.3 Å². The highest BCUT2D eigenvalue weighted by atomic mass is 32.2. The summed E-state index contributed by atoms with van der Waals surface area (Å²) < 4.78 is 10.0. The first-order valence-corrected chi connectivity index (χ1v) is 9.16. The van der Waals surface area contributed by atoms with Gasteiger partial charge in [0.2, 0.25) is 5.91 Å². The van der Waals surface area contributed by atoms with Gasteiger partial charge in [0.15, 0.2) is 5.76 Å². The fraction of sp³-hybridized carbons (Fsp3) is 0.100. The van der Waals surface area contributed by atoms with Gasteiger partial charge in [-0.3, -0.25) is 4.79 Å². The van der Waals surface area contributed by atoms with Gasteiger partial charge in [-0.15, -0.1) is 0 Å². The molecule has 0 spiro atoms. The summed E-state index contributed by atoms with van der Waals surface area (Å²) in [5.41, 5.74) is 1.56. The van der Waals surface area contributed by atoms with Crippen LogP contribution in [0.5, 0.6) is 0 Å². The van der Waals surface area contributed by atoms with Crippen molar-refractivity contribution in [3.05, 3.63) is 65.9 Å². The predicted molar refractivity (Wildman–Crippen MR) is 104 cm³/mol. The number of aromatic nitrogens is 1. The van der Waals surface area contributed by atoms with E-state index >= 15 is 0 Å². The molecule has 1 amide bonds. The van der Waals surface area contributed by atoms with Crippen molar-refractivity contribution in [1.82, 2.24) is 4.98 Å². The van der Waals surface area contributed by atoms with Gasteiger partial charge in [-0.25, -0.2) is 9.78 Å². The number of amides is 1. The van der Waals surface area contributed by atoms with Gasteiger partial charge in [0, 0.05) is 0 Å². The Bertz CT molecular complexity index is 1040. The van der Waals surface area contributed by atoms with E-state index in [-0.39, 0.29) is 17.2 Å². The summed E-state index contributed by atoms with van der Waals surface area (Å²) in [5.74, 6) is -0.292. The van der Waals surface area contributed by atoms with E-state index < -0.39 is 5.97 Å². The van der Waals surface area contributed by atoms with Gasteiger partial charge in [-0.1, -0.05) is 23.9 Å². The van der Waals surface area contributed by atoms with Crippen molar-refractivity contribution in [2.24, 2.45) is 0 Å². The number of pyridine rings is 1. The first-order chi connectivity index (χ1) is 13.6. The van der Waals surface area contributed by atoms with Crippen molar-refractivity contribution in [3.8, 4) is 17.5 Å². The van der Waals surface area contributed by atoms with Crippen LogP contribution in [-0.2, 0) is 9.53 Å². The number of ether oxygens (including phenoxy) is 1. The van der Waals surface area contributed by atoms with Crippen LogP contribution in [0.25, 0.3) is 11.5 Å². The smallest absolute Gasteiger partial charge is 0.339 e. The molecule has 8 heteroatoms. The Morgan fingerprint density at radius 1 is 1.21 bits per heavy atom. The van der Waals surface area contributed by atoms with Crippen molar-refractivity contribution < 1.29 is 18.7 Å². The van der Waals surface area contributed by atoms with Crippen LogP contribution in [0.3, 0.4) is 0 Å². The van der Waals surface area contributed by atoms with E-state index in [1.807, 2.05) is 0 Å². The fourth-order valence-electron chi connectivity index (χ4n) is 2.40. The van der Waals surface area contributed by atoms with Crippen molar-refractivity contribution in [2.75, 3.05) is 18.2 Å². The number of carbonyl (C=O) groups is 2. The number of nitrogens with one attached hydrogen (secondary N) is 1. The Balaban J connectivity index is 1.72. The molecule has 0 saturated heterocycles. The van der Waals surface area contributed by atoms with E-state index in [1.54, 1.807) is 48.5 Å². The predicted octanol–water partition coefficient (Wildman–Crippen LogP) is 3.73. The molecule has 28 heavy (non-hydrogen) atoms. The molecular formula is C20H15N3O4S. The normalized spacial score (nSPS) is 10.1. The molecule has 0 fully saturated rings. The zero-order valence-electron chi connectivity index (χ0n) is 14.8. The van der Waals surface area contributed by atoms with Crippen LogP contribution in [-0.4, -0.2) is 29.7 Å². The van der Waals surface area contributed by atoms with Gasteiger partial charge in [0.1, 0.15) is 16.8 Å². The average Bonchev–Trinajstić information content (AvgIpc) is 3.26. The number of nitrogens with zero attached hydrogens (tertiary/aromatic N) is 2. The second-order valence-electron chi connectivity index (χ2n) is 5.51. The number of anilines is 1. The first kappa shape index (κ1) is 19.2. The molecule has 0 radical (unpaired) electrons. The molecule has 3 aromatic rings. The molecule has 0 unspecified atom stereocenters. The molecule has 0 bridgehead atoms. The lowest BCUT2D eigenvalue weighted by Crippen LogP contribution is -2.17. The summed E-state index contributed by atoms with van der Waals surface area (Å²) in [6, 6.07) is 15.5. The van der Waals surface area contributed by atoms with Gasteiger partial charge in [0.25, 0.3) is 0 Å². The number of furan rings is 1. The third-order valence-electron chi connectivity index (χ3n) is 3.70. The van der Waals surface area contributed by atoms with Crippen LogP contribution in [0.15, 0.2) is 64.2 Å². The minimum Gasteiger partial charge on any atom is -0.465 e. The number of hydrogen-bond donors (Lipinski definition) is 1. The number of thioether (sulfide) groups is 1. The molecular weight excluding hydrogens is 378 g/mol. The fourth-order valence-corrected chi connectivity index (χ4v) is 3.17. The van der Waals surface area contributed by atoms with E-state index in [0.29, 0.717) is 27.7 Å². The third-order valence-corrected chi connectivity index (χ3v) is 4.69. The minimum absolute atomic E-state index is 0.0127. The summed E-state index contributed by atoms with van der Waals surface area (Å²) in [4.78, 5) is 28.6. The average molecular weight is 393 g/mol. The largest absolute Gasteiger partial charge is 0.465 e. The molecule has 0 aliphatic rings. The number of esters is 1. The summed E-state index contributed by atoms with van der Waals surface area (Å²) in [5, 5.41) is 12.4. The van der Waals surface area contributed by atoms with Gasteiger partial charge in [0.05, 0.1) is 35.9 Å². The third kappa shape index (κ3) is 4.39. The highest BCUT2D eigenvalue weighted by molar-refractivity contribution is 8.00. The highest BCUT2D eigenvalue weighted by Crippen LogP contribution is 2.26. The lowest BCUT2D eigenvalue weighted by molar-refractivity contribution is -0.113. The molecule has 1 aromatic carbocycles. The maximum Gasteiger partial charge on any atom is 0.339 e. The van der Waals surface area contributed by atoms with Crippen LogP contribution < -0.4 is 5.32 Å². The van der Waals surface area contributed by atoms with Gasteiger partial charge < -0.3 is 14.5 Å². The second kappa shape index (κ2) is 8.88. The second-order valence-corrected chi connectivity index (χ2v) is 6.48. The van der Waals surface area contributed by atoms with E-state index in [9.17, 15) is 14.9 Å². The summed E-state index contributed by atoms with van der Waals surface area (Å²) in [7, 11) is 1.28. The van der Waals surface area contributed by atoms with Gasteiger partial charge in [-0.05, 0) is 36.4 Å². The molecule has 0 saturated carbocycles. The Morgan fingerprint density at radius 3 is 2.75 bits per heavy atom.